The van der Waals surface area contributed by atoms with E-state index in [2.05, 4.69) is 13.8 Å². The van der Waals surface area contributed by atoms with Gasteiger partial charge in [-0.2, -0.15) is 0 Å². The number of rotatable bonds is 55. The number of hydrogen-bond acceptors (Lipinski definition) is 9. The lowest BCUT2D eigenvalue weighted by Crippen LogP contribution is -2.28. The molecule has 0 saturated heterocycles. The van der Waals surface area contributed by atoms with Crippen LogP contribution in [-0.2, 0) is 32.7 Å². The third kappa shape index (κ3) is 49.4. The fourth-order valence-electron chi connectivity index (χ4n) is 8.71. The van der Waals surface area contributed by atoms with Crippen molar-refractivity contribution in [2.45, 2.75) is 315 Å². The lowest BCUT2D eigenvalue weighted by atomic mass is 10.0. The molecule has 0 aliphatic heterocycles. The average molecular weight is 961 g/mol. The van der Waals surface area contributed by atoms with Crippen molar-refractivity contribution >= 4 is 19.8 Å². The summed E-state index contributed by atoms with van der Waals surface area (Å²) in [5.41, 5.74) is 0. The van der Waals surface area contributed by atoms with Gasteiger partial charge in [0.25, 0.3) is 0 Å². The highest BCUT2D eigenvalue weighted by Crippen LogP contribution is 2.43. The van der Waals surface area contributed by atoms with Gasteiger partial charge in [-0.3, -0.25) is 18.6 Å². The van der Waals surface area contributed by atoms with Crippen LogP contribution in [0.15, 0.2) is 0 Å². The minimum Gasteiger partial charge on any atom is -0.457 e. The number of phosphoric ester groups is 1. The zero-order valence-corrected chi connectivity index (χ0v) is 44.3. The summed E-state index contributed by atoms with van der Waals surface area (Å²) in [4.78, 5) is 34.8. The summed E-state index contributed by atoms with van der Waals surface area (Å²) in [7, 11) is -4.64. The first kappa shape index (κ1) is 65.0. The lowest BCUT2D eigenvalue weighted by Gasteiger charge is -2.20. The van der Waals surface area contributed by atoms with Crippen LogP contribution in [-0.4, -0.2) is 65.7 Å². The molecule has 0 spiro atoms. The highest BCUT2D eigenvalue weighted by molar-refractivity contribution is 7.47. The number of phosphoric acid groups is 1. The van der Waals surface area contributed by atoms with E-state index in [1.807, 2.05) is 0 Å². The van der Waals surface area contributed by atoms with E-state index in [1.54, 1.807) is 0 Å². The molecule has 0 aromatic heterocycles. The van der Waals surface area contributed by atoms with Crippen LogP contribution in [0.25, 0.3) is 0 Å². The number of esters is 2. The number of hydrogen-bond donors (Lipinski definition) is 3. The molecule has 0 aromatic carbocycles. The van der Waals surface area contributed by atoms with E-state index >= 15 is 0 Å². The van der Waals surface area contributed by atoms with Gasteiger partial charge in [0.1, 0.15) is 12.2 Å². The summed E-state index contributed by atoms with van der Waals surface area (Å²) in [5, 5.41) is 19.3. The minimum absolute atomic E-state index is 0.200. The SMILES string of the molecule is CCCCCCCCCCCCCCCCCCCCCCCCCCC(=O)OC(CO)COP(=O)(O)OCC(CO)OC(=O)CCCCCCCCCCCCCCCCCCCCC. The summed E-state index contributed by atoms with van der Waals surface area (Å²) in [6.07, 6.45) is 53.8. The molecule has 0 aliphatic carbocycles. The van der Waals surface area contributed by atoms with E-state index < -0.39 is 58.4 Å². The second kappa shape index (κ2) is 51.8. The van der Waals surface area contributed by atoms with Gasteiger partial charge in [0.05, 0.1) is 26.4 Å². The van der Waals surface area contributed by atoms with E-state index in [1.165, 1.54) is 225 Å². The monoisotopic (exact) mass is 961 g/mol. The Labute approximate surface area is 407 Å². The standard InChI is InChI=1S/C55H109O10P/c1-3-5-7-9-11-13-15-17-19-21-23-24-25-26-27-29-31-33-35-37-39-41-43-45-47-55(59)65-53(49-57)51-63-66(60,61)62-50-52(48-56)64-54(58)46-44-42-40-38-36-34-32-30-28-22-20-18-16-14-12-10-8-6-4-2/h52-53,56-57H,3-51H2,1-2H3,(H,60,61). The Balaban J connectivity index is 3.73. The first-order valence-corrected chi connectivity index (χ1v) is 30.0. The largest absolute Gasteiger partial charge is 0.472 e. The van der Waals surface area contributed by atoms with Crippen LogP contribution in [0, 0.1) is 0 Å². The van der Waals surface area contributed by atoms with Crippen molar-refractivity contribution in [3.8, 4) is 0 Å². The van der Waals surface area contributed by atoms with Crippen LogP contribution in [0.2, 0.25) is 0 Å². The van der Waals surface area contributed by atoms with Crippen LogP contribution in [0.5, 0.6) is 0 Å². The second-order valence-corrected chi connectivity index (χ2v) is 21.1. The van der Waals surface area contributed by atoms with Crippen LogP contribution in [0.4, 0.5) is 0 Å². The Hall–Kier alpha value is -1.03. The molecule has 0 bridgehead atoms. The van der Waals surface area contributed by atoms with Crippen molar-refractivity contribution < 1.29 is 47.8 Å². The Morgan fingerprint density at radius 3 is 0.712 bits per heavy atom. The van der Waals surface area contributed by atoms with Crippen molar-refractivity contribution in [1.29, 1.82) is 0 Å². The van der Waals surface area contributed by atoms with E-state index in [9.17, 15) is 29.3 Å². The molecule has 0 saturated carbocycles. The Bertz CT molecular complexity index is 1060. The molecule has 0 radical (unpaired) electrons. The summed E-state index contributed by atoms with van der Waals surface area (Å²) in [6, 6.07) is 0. The van der Waals surface area contributed by atoms with Gasteiger partial charge >= 0.3 is 19.8 Å². The van der Waals surface area contributed by atoms with Crippen molar-refractivity contribution in [1.82, 2.24) is 0 Å². The van der Waals surface area contributed by atoms with Gasteiger partial charge < -0.3 is 24.6 Å². The maximum Gasteiger partial charge on any atom is 0.472 e. The van der Waals surface area contributed by atoms with Crippen LogP contribution >= 0.6 is 7.82 Å². The highest BCUT2D eigenvalue weighted by Gasteiger charge is 2.27. The summed E-state index contributed by atoms with van der Waals surface area (Å²) in [6.45, 7) is 2.30. The molecule has 11 heteroatoms. The average Bonchev–Trinajstić information content (AvgIpc) is 3.31. The molecule has 0 amide bonds. The van der Waals surface area contributed by atoms with Crippen molar-refractivity contribution in [2.75, 3.05) is 26.4 Å². The molecule has 0 aromatic rings. The molecule has 0 rings (SSSR count). The topological polar surface area (TPSA) is 149 Å². The molecule has 10 nitrogen and oxygen atoms in total. The lowest BCUT2D eigenvalue weighted by molar-refractivity contribution is -0.153. The maximum atomic E-state index is 12.4. The molecule has 0 fully saturated rings. The van der Waals surface area contributed by atoms with E-state index in [0.29, 0.717) is 12.8 Å². The molecule has 0 heterocycles. The van der Waals surface area contributed by atoms with Gasteiger partial charge in [0.15, 0.2) is 0 Å². The third-order valence-electron chi connectivity index (χ3n) is 13.1. The number of carbonyl (C=O) groups excluding carboxylic acids is 2. The summed E-state index contributed by atoms with van der Waals surface area (Å²) >= 11 is 0. The molecule has 3 atom stereocenters. The number of aliphatic hydroxyl groups excluding tert-OH is 2. The predicted molar refractivity (Wildman–Crippen MR) is 275 cm³/mol. The number of aliphatic hydroxyl groups is 2. The first-order chi connectivity index (χ1) is 32.3. The van der Waals surface area contributed by atoms with Gasteiger partial charge in [0.2, 0.25) is 0 Å². The zero-order valence-electron chi connectivity index (χ0n) is 43.4. The number of carbonyl (C=O) groups is 2. The molecular formula is C55H109O10P. The summed E-state index contributed by atoms with van der Waals surface area (Å²) < 4.78 is 32.8. The van der Waals surface area contributed by atoms with E-state index in [0.717, 1.165) is 38.5 Å². The van der Waals surface area contributed by atoms with Crippen molar-refractivity contribution in [3.05, 3.63) is 0 Å². The molecule has 3 unspecified atom stereocenters. The Kier molecular flexibility index (Phi) is 51.0. The molecular weight excluding hydrogens is 852 g/mol. The van der Waals surface area contributed by atoms with Crippen LogP contribution in [0.3, 0.4) is 0 Å². The fraction of sp³-hybridized carbons (Fsp3) is 0.964. The second-order valence-electron chi connectivity index (χ2n) is 19.6. The van der Waals surface area contributed by atoms with Crippen molar-refractivity contribution in [2.24, 2.45) is 0 Å². The normalized spacial score (nSPS) is 13.5. The van der Waals surface area contributed by atoms with Gasteiger partial charge in [-0.1, -0.05) is 277 Å². The number of unbranched alkanes of at least 4 members (excludes halogenated alkanes) is 41. The minimum atomic E-state index is -4.64. The zero-order chi connectivity index (χ0) is 48.3. The highest BCUT2D eigenvalue weighted by atomic mass is 31.2. The van der Waals surface area contributed by atoms with Crippen LogP contribution < -0.4 is 0 Å². The van der Waals surface area contributed by atoms with Crippen LogP contribution in [0.1, 0.15) is 303 Å². The van der Waals surface area contributed by atoms with E-state index in [-0.39, 0.29) is 12.8 Å². The molecule has 66 heavy (non-hydrogen) atoms. The van der Waals surface area contributed by atoms with Gasteiger partial charge in [-0.15, -0.1) is 0 Å². The summed E-state index contributed by atoms with van der Waals surface area (Å²) in [5.74, 6) is -0.996. The molecule has 0 aliphatic rings. The maximum absolute atomic E-state index is 12.4. The van der Waals surface area contributed by atoms with Gasteiger partial charge in [-0.25, -0.2) is 4.57 Å². The third-order valence-corrected chi connectivity index (χ3v) is 14.0. The molecule has 394 valence electrons. The Morgan fingerprint density at radius 2 is 0.530 bits per heavy atom. The quantitative estimate of drug-likeness (QED) is 0.0305. The van der Waals surface area contributed by atoms with Gasteiger partial charge in [-0.05, 0) is 12.8 Å². The fourth-order valence-corrected chi connectivity index (χ4v) is 9.49. The van der Waals surface area contributed by atoms with E-state index in [4.69, 9.17) is 18.5 Å². The molecule has 3 N–H and O–H groups in total. The smallest absolute Gasteiger partial charge is 0.457 e. The van der Waals surface area contributed by atoms with Crippen molar-refractivity contribution in [3.63, 3.8) is 0 Å². The van der Waals surface area contributed by atoms with Gasteiger partial charge in [0, 0.05) is 12.8 Å². The predicted octanol–water partition coefficient (Wildman–Crippen LogP) is 16.5. The Morgan fingerprint density at radius 1 is 0.348 bits per heavy atom. The number of ether oxygens (including phenoxy) is 2. The first-order valence-electron chi connectivity index (χ1n) is 28.5.